The predicted molar refractivity (Wildman–Crippen MR) is 112 cm³/mol. The van der Waals surface area contributed by atoms with Gasteiger partial charge in [0.05, 0.1) is 29.1 Å². The smallest absolute Gasteiger partial charge is 0.399 e. The number of hydrogen-bond donors (Lipinski definition) is 0. The Bertz CT molecular complexity index is 818. The van der Waals surface area contributed by atoms with Gasteiger partial charge in [-0.2, -0.15) is 0 Å². The van der Waals surface area contributed by atoms with Gasteiger partial charge in [-0.15, -0.1) is 0 Å². The van der Waals surface area contributed by atoms with Crippen LogP contribution < -0.4 is 5.46 Å². The summed E-state index contributed by atoms with van der Waals surface area (Å²) >= 11 is 3.66. The quantitative estimate of drug-likeness (QED) is 0.546. The molecule has 0 spiro atoms. The third kappa shape index (κ3) is 3.29. The summed E-state index contributed by atoms with van der Waals surface area (Å²) in [5, 5.41) is 0. The van der Waals surface area contributed by atoms with Crippen LogP contribution in [-0.2, 0) is 16.4 Å². The summed E-state index contributed by atoms with van der Waals surface area (Å²) in [7, 11) is 1.77. The van der Waals surface area contributed by atoms with Gasteiger partial charge in [-0.25, -0.2) is 8.91 Å². The molecule has 2 aliphatic heterocycles. The fourth-order valence-corrected chi connectivity index (χ4v) is 4.42. The fourth-order valence-electron chi connectivity index (χ4n) is 3.78. The highest BCUT2D eigenvalue weighted by atomic mass is 79.9. The van der Waals surface area contributed by atoms with E-state index >= 15 is 0 Å². The highest BCUT2D eigenvalue weighted by Crippen LogP contribution is 2.37. The van der Waals surface area contributed by atoms with Crippen LogP contribution in [0.25, 0.3) is 11.3 Å². The number of rotatable bonds is 3. The molecule has 2 aromatic rings. The van der Waals surface area contributed by atoms with Crippen LogP contribution in [0.2, 0.25) is 0 Å². The van der Waals surface area contributed by atoms with Crippen LogP contribution in [0, 0.1) is 0 Å². The first-order chi connectivity index (χ1) is 12.7. The summed E-state index contributed by atoms with van der Waals surface area (Å²) < 4.78 is 16.7. The van der Waals surface area contributed by atoms with E-state index in [1.807, 2.05) is 6.20 Å². The lowest BCUT2D eigenvalue weighted by Gasteiger charge is -2.32. The Morgan fingerprint density at radius 1 is 1.11 bits per heavy atom. The van der Waals surface area contributed by atoms with Crippen molar-refractivity contribution < 1.29 is 9.31 Å². The molecule has 0 N–H and O–H groups in total. The number of aromatic nitrogens is 2. The van der Waals surface area contributed by atoms with Crippen LogP contribution >= 0.6 is 16.1 Å². The molecule has 2 saturated heterocycles. The summed E-state index contributed by atoms with van der Waals surface area (Å²) in [5.74, 6) is 1.11. The van der Waals surface area contributed by atoms with E-state index in [-0.39, 0.29) is 18.3 Å². The van der Waals surface area contributed by atoms with E-state index in [2.05, 4.69) is 83.6 Å². The molecule has 1 aromatic heterocycles. The Morgan fingerprint density at radius 3 is 2.30 bits per heavy atom. The minimum Gasteiger partial charge on any atom is -0.399 e. The molecule has 2 fully saturated rings. The van der Waals surface area contributed by atoms with E-state index in [1.54, 1.807) is 0 Å². The standard InChI is InChI=1S/C20H27BBrN3O2/c1-19(2)20(3,4)27-21(26-19)15-10-8-14(9-11-15)17-13-23-18(24(17)5)16-7-6-12-25(16)22/h8-11,13,16H,6-7,12H2,1-5H3. The molecule has 5 nitrogen and oxygen atoms in total. The molecule has 3 heterocycles. The summed E-state index contributed by atoms with van der Waals surface area (Å²) in [6.45, 7) is 9.38. The molecule has 2 aliphatic rings. The van der Waals surface area contributed by atoms with Gasteiger partial charge < -0.3 is 13.9 Å². The number of hydrogen-bond acceptors (Lipinski definition) is 4. The molecule has 0 radical (unpaired) electrons. The average molecular weight is 432 g/mol. The van der Waals surface area contributed by atoms with Gasteiger partial charge in [0.1, 0.15) is 5.82 Å². The van der Waals surface area contributed by atoms with Crippen LogP contribution in [0.3, 0.4) is 0 Å². The molecule has 0 aliphatic carbocycles. The molecule has 7 heteroatoms. The van der Waals surface area contributed by atoms with Gasteiger partial charge in [-0.05, 0) is 51.6 Å². The van der Waals surface area contributed by atoms with E-state index in [0.717, 1.165) is 35.5 Å². The molecule has 1 unspecified atom stereocenters. The molecule has 1 atom stereocenters. The second kappa shape index (κ2) is 6.73. The van der Waals surface area contributed by atoms with Crippen molar-refractivity contribution >= 4 is 28.7 Å². The fraction of sp³-hybridized carbons (Fsp3) is 0.550. The summed E-state index contributed by atoms with van der Waals surface area (Å²) in [5.41, 5.74) is 2.67. The third-order valence-corrected chi connectivity index (χ3v) is 7.09. The summed E-state index contributed by atoms with van der Waals surface area (Å²) in [6, 6.07) is 8.78. The van der Waals surface area contributed by atoms with Gasteiger partial charge >= 0.3 is 7.12 Å². The van der Waals surface area contributed by atoms with Crippen molar-refractivity contribution in [2.75, 3.05) is 6.54 Å². The van der Waals surface area contributed by atoms with E-state index in [9.17, 15) is 0 Å². The number of imidazole rings is 1. The zero-order chi connectivity index (χ0) is 19.4. The molecule has 0 bridgehead atoms. The van der Waals surface area contributed by atoms with Crippen LogP contribution in [0.5, 0.6) is 0 Å². The molecule has 4 rings (SSSR count). The Balaban J connectivity index is 1.56. The van der Waals surface area contributed by atoms with E-state index in [1.165, 1.54) is 6.42 Å². The molecule has 144 valence electrons. The Hall–Kier alpha value is -1.15. The first kappa shape index (κ1) is 19.2. The van der Waals surface area contributed by atoms with Crippen LogP contribution in [0.15, 0.2) is 30.5 Å². The molecule has 27 heavy (non-hydrogen) atoms. The minimum atomic E-state index is -0.327. The van der Waals surface area contributed by atoms with E-state index < -0.39 is 0 Å². The first-order valence-corrected chi connectivity index (χ1v) is 10.3. The maximum atomic E-state index is 6.15. The van der Waals surface area contributed by atoms with Crippen molar-refractivity contribution in [2.45, 2.75) is 57.8 Å². The van der Waals surface area contributed by atoms with Gasteiger partial charge in [0.25, 0.3) is 0 Å². The number of nitrogens with zero attached hydrogens (tertiary/aromatic N) is 3. The van der Waals surface area contributed by atoms with E-state index in [0.29, 0.717) is 6.04 Å². The average Bonchev–Trinajstić information content (AvgIpc) is 3.24. The predicted octanol–water partition coefficient (Wildman–Crippen LogP) is 3.83. The van der Waals surface area contributed by atoms with Crippen molar-refractivity contribution in [3.8, 4) is 11.3 Å². The van der Waals surface area contributed by atoms with Gasteiger partial charge in [0, 0.05) is 29.7 Å². The lowest BCUT2D eigenvalue weighted by atomic mass is 9.79. The van der Waals surface area contributed by atoms with Gasteiger partial charge in [-0.1, -0.05) is 24.3 Å². The maximum Gasteiger partial charge on any atom is 0.494 e. The summed E-state index contributed by atoms with van der Waals surface area (Å²) in [4.78, 5) is 4.70. The van der Waals surface area contributed by atoms with Crippen molar-refractivity contribution in [2.24, 2.45) is 7.05 Å². The first-order valence-electron chi connectivity index (χ1n) is 9.59. The molecule has 0 saturated carbocycles. The highest BCUT2D eigenvalue weighted by molar-refractivity contribution is 9.07. The van der Waals surface area contributed by atoms with E-state index in [4.69, 9.17) is 14.3 Å². The van der Waals surface area contributed by atoms with Crippen LogP contribution in [0.1, 0.15) is 52.4 Å². The third-order valence-electron chi connectivity index (χ3n) is 6.24. The Morgan fingerprint density at radius 2 is 1.74 bits per heavy atom. The molecule has 1 aromatic carbocycles. The second-order valence-electron chi connectivity index (χ2n) is 8.55. The van der Waals surface area contributed by atoms with Crippen LogP contribution in [0.4, 0.5) is 0 Å². The van der Waals surface area contributed by atoms with Crippen molar-refractivity contribution in [3.63, 3.8) is 0 Å². The Labute approximate surface area is 170 Å². The van der Waals surface area contributed by atoms with Crippen molar-refractivity contribution in [1.82, 2.24) is 13.5 Å². The number of halogens is 1. The van der Waals surface area contributed by atoms with Crippen molar-refractivity contribution in [1.29, 1.82) is 0 Å². The lowest BCUT2D eigenvalue weighted by molar-refractivity contribution is 0.00578. The molecular formula is C20H27BBrN3O2. The SMILES string of the molecule is Cn1c(-c2ccc(B3OC(C)(C)C(C)(C)O3)cc2)cnc1C1CCCN1Br. The monoisotopic (exact) mass is 431 g/mol. The van der Waals surface area contributed by atoms with Gasteiger partial charge in [0.15, 0.2) is 0 Å². The maximum absolute atomic E-state index is 6.15. The zero-order valence-corrected chi connectivity index (χ0v) is 18.3. The second-order valence-corrected chi connectivity index (χ2v) is 9.46. The highest BCUT2D eigenvalue weighted by Gasteiger charge is 2.51. The van der Waals surface area contributed by atoms with Gasteiger partial charge in [0.2, 0.25) is 0 Å². The summed E-state index contributed by atoms with van der Waals surface area (Å²) in [6.07, 6.45) is 4.30. The molecular weight excluding hydrogens is 405 g/mol. The minimum absolute atomic E-state index is 0.323. The number of benzene rings is 1. The zero-order valence-electron chi connectivity index (χ0n) is 16.7. The van der Waals surface area contributed by atoms with Crippen LogP contribution in [-0.4, -0.2) is 38.3 Å². The normalized spacial score (nSPS) is 24.7. The topological polar surface area (TPSA) is 39.5 Å². The Kier molecular flexibility index (Phi) is 4.78. The van der Waals surface area contributed by atoms with Crippen molar-refractivity contribution in [3.05, 3.63) is 36.3 Å². The molecule has 0 amide bonds. The largest absolute Gasteiger partial charge is 0.494 e. The van der Waals surface area contributed by atoms with Gasteiger partial charge in [-0.3, -0.25) is 0 Å². The lowest BCUT2D eigenvalue weighted by Crippen LogP contribution is -2.41.